The van der Waals surface area contributed by atoms with Crippen LogP contribution in [0.2, 0.25) is 0 Å². The van der Waals surface area contributed by atoms with E-state index in [2.05, 4.69) is 9.88 Å². The van der Waals surface area contributed by atoms with Crippen LogP contribution in [0.4, 0.5) is 15.8 Å². The van der Waals surface area contributed by atoms with Gasteiger partial charge in [-0.2, -0.15) is 0 Å². The SMILES string of the molecule is Cc1csc2ncc(C(=O)N3CCN(C4CC4)c4cc(F)ccc43)c(=O)n12. The molecule has 0 atom stereocenters. The maximum atomic E-state index is 13.9. The number of halogens is 1. The molecule has 2 aromatic heterocycles. The maximum absolute atomic E-state index is 13.9. The van der Waals surface area contributed by atoms with Crippen LogP contribution in [0.5, 0.6) is 0 Å². The second-order valence-corrected chi connectivity index (χ2v) is 7.82. The molecule has 1 fully saturated rings. The highest BCUT2D eigenvalue weighted by Gasteiger charge is 2.36. The zero-order valence-corrected chi connectivity index (χ0v) is 15.5. The van der Waals surface area contributed by atoms with Gasteiger partial charge in [0.05, 0.1) is 11.4 Å². The van der Waals surface area contributed by atoms with Crippen molar-refractivity contribution in [2.75, 3.05) is 22.9 Å². The largest absolute Gasteiger partial charge is 0.365 e. The molecule has 2 aliphatic rings. The van der Waals surface area contributed by atoms with E-state index in [0.717, 1.165) is 24.2 Å². The molecule has 3 heterocycles. The van der Waals surface area contributed by atoms with Crippen LogP contribution < -0.4 is 15.4 Å². The Hall–Kier alpha value is -2.74. The lowest BCUT2D eigenvalue weighted by atomic mass is 10.1. The fourth-order valence-electron chi connectivity index (χ4n) is 3.70. The van der Waals surface area contributed by atoms with Gasteiger partial charge in [0.25, 0.3) is 11.5 Å². The normalized spacial score (nSPS) is 16.7. The summed E-state index contributed by atoms with van der Waals surface area (Å²) in [7, 11) is 0. The van der Waals surface area contributed by atoms with Gasteiger partial charge in [-0.15, -0.1) is 11.3 Å². The lowest BCUT2D eigenvalue weighted by Gasteiger charge is -2.38. The number of carbonyl (C=O) groups excluding carboxylic acids is 1. The molecule has 0 unspecified atom stereocenters. The van der Waals surface area contributed by atoms with Crippen LogP contribution in [0.25, 0.3) is 4.96 Å². The third-order valence-electron chi connectivity index (χ3n) is 5.18. The Bertz CT molecular complexity index is 1130. The molecule has 6 nitrogen and oxygen atoms in total. The molecule has 27 heavy (non-hydrogen) atoms. The van der Waals surface area contributed by atoms with Crippen molar-refractivity contribution in [3.05, 3.63) is 57.2 Å². The Morgan fingerprint density at radius 3 is 2.85 bits per heavy atom. The Balaban J connectivity index is 1.60. The third kappa shape index (κ3) is 2.55. The molecule has 0 radical (unpaired) electrons. The van der Waals surface area contributed by atoms with Crippen molar-refractivity contribution in [2.45, 2.75) is 25.8 Å². The standard InChI is InChI=1S/C19H17FN4O2S/c1-11-10-27-19-21-9-14(18(26)24(11)19)17(25)23-7-6-22(13-3-4-13)16-8-12(20)2-5-15(16)23/h2,5,8-10,13H,3-4,6-7H2,1H3. The number of benzene rings is 1. The number of thiazole rings is 1. The first-order chi connectivity index (χ1) is 13.0. The molecule has 1 aliphatic heterocycles. The molecular weight excluding hydrogens is 367 g/mol. The van der Waals surface area contributed by atoms with Crippen LogP contribution in [0, 0.1) is 12.7 Å². The monoisotopic (exact) mass is 384 g/mol. The van der Waals surface area contributed by atoms with E-state index in [0.29, 0.717) is 29.8 Å². The molecule has 5 rings (SSSR count). The Morgan fingerprint density at radius 1 is 1.26 bits per heavy atom. The van der Waals surface area contributed by atoms with Gasteiger partial charge in [0, 0.05) is 36.4 Å². The summed E-state index contributed by atoms with van der Waals surface area (Å²) in [5.41, 5.74) is 1.79. The molecule has 0 spiro atoms. The molecular formula is C19H17FN4O2S. The minimum Gasteiger partial charge on any atom is -0.365 e. The molecule has 1 amide bonds. The van der Waals surface area contributed by atoms with E-state index in [-0.39, 0.29) is 16.9 Å². The number of hydrogen-bond donors (Lipinski definition) is 0. The average molecular weight is 384 g/mol. The minimum absolute atomic E-state index is 0.0316. The van der Waals surface area contributed by atoms with E-state index in [1.54, 1.807) is 11.0 Å². The number of nitrogens with zero attached hydrogens (tertiary/aromatic N) is 4. The summed E-state index contributed by atoms with van der Waals surface area (Å²) < 4.78 is 15.3. The van der Waals surface area contributed by atoms with Gasteiger partial charge in [-0.25, -0.2) is 9.37 Å². The van der Waals surface area contributed by atoms with Crippen molar-refractivity contribution in [3.8, 4) is 0 Å². The molecule has 3 aromatic rings. The summed E-state index contributed by atoms with van der Waals surface area (Å²) in [5.74, 6) is -0.721. The summed E-state index contributed by atoms with van der Waals surface area (Å²) in [6, 6.07) is 4.87. The number of rotatable bonds is 2. The number of aryl methyl sites for hydroxylation is 1. The van der Waals surface area contributed by atoms with E-state index >= 15 is 0 Å². The summed E-state index contributed by atoms with van der Waals surface area (Å²) in [6.45, 7) is 2.90. The van der Waals surface area contributed by atoms with Crippen LogP contribution in [0.15, 0.2) is 34.6 Å². The van der Waals surface area contributed by atoms with Crippen LogP contribution in [0.3, 0.4) is 0 Å². The first-order valence-corrected chi connectivity index (χ1v) is 9.76. The van der Waals surface area contributed by atoms with E-state index in [4.69, 9.17) is 0 Å². The number of carbonyl (C=O) groups is 1. The molecule has 0 saturated heterocycles. The molecule has 8 heteroatoms. The first kappa shape index (κ1) is 16.4. The van der Waals surface area contributed by atoms with Crippen molar-refractivity contribution in [1.82, 2.24) is 9.38 Å². The smallest absolute Gasteiger partial charge is 0.271 e. The van der Waals surface area contributed by atoms with Crippen molar-refractivity contribution in [1.29, 1.82) is 0 Å². The fraction of sp³-hybridized carbons (Fsp3) is 0.316. The van der Waals surface area contributed by atoms with Gasteiger partial charge in [0.2, 0.25) is 0 Å². The van der Waals surface area contributed by atoms with E-state index in [1.807, 2.05) is 12.3 Å². The highest BCUT2D eigenvalue weighted by molar-refractivity contribution is 7.15. The van der Waals surface area contributed by atoms with Gasteiger partial charge in [-0.05, 0) is 38.0 Å². The molecule has 1 aromatic carbocycles. The van der Waals surface area contributed by atoms with Gasteiger partial charge in [-0.3, -0.25) is 14.0 Å². The lowest BCUT2D eigenvalue weighted by Crippen LogP contribution is -2.46. The van der Waals surface area contributed by atoms with Crippen LogP contribution in [-0.2, 0) is 0 Å². The third-order valence-corrected chi connectivity index (χ3v) is 6.14. The molecule has 0 bridgehead atoms. The minimum atomic E-state index is -0.393. The van der Waals surface area contributed by atoms with Crippen LogP contribution in [-0.4, -0.2) is 34.4 Å². The summed E-state index contributed by atoms with van der Waals surface area (Å²) in [6.07, 6.45) is 3.53. The number of fused-ring (bicyclic) bond motifs is 2. The zero-order chi connectivity index (χ0) is 18.7. The van der Waals surface area contributed by atoms with Gasteiger partial charge < -0.3 is 9.80 Å². The van der Waals surface area contributed by atoms with E-state index < -0.39 is 5.91 Å². The Morgan fingerprint density at radius 2 is 2.07 bits per heavy atom. The highest BCUT2D eigenvalue weighted by atomic mass is 32.1. The fourth-order valence-corrected chi connectivity index (χ4v) is 4.52. The van der Waals surface area contributed by atoms with Gasteiger partial charge >= 0.3 is 0 Å². The Labute approximate surface area is 158 Å². The van der Waals surface area contributed by atoms with E-state index in [1.165, 1.54) is 34.1 Å². The van der Waals surface area contributed by atoms with Crippen molar-refractivity contribution in [2.24, 2.45) is 0 Å². The summed E-state index contributed by atoms with van der Waals surface area (Å²) in [4.78, 5) is 34.6. The number of anilines is 2. The van der Waals surface area contributed by atoms with Gasteiger partial charge in [0.15, 0.2) is 4.96 Å². The quantitative estimate of drug-likeness (QED) is 0.682. The second kappa shape index (κ2) is 5.88. The van der Waals surface area contributed by atoms with E-state index in [9.17, 15) is 14.0 Å². The predicted octanol–water partition coefficient (Wildman–Crippen LogP) is 2.83. The second-order valence-electron chi connectivity index (χ2n) is 6.99. The summed E-state index contributed by atoms with van der Waals surface area (Å²) >= 11 is 1.36. The molecule has 138 valence electrons. The Kier molecular flexibility index (Phi) is 3.58. The summed E-state index contributed by atoms with van der Waals surface area (Å²) in [5, 5.41) is 1.84. The topological polar surface area (TPSA) is 57.9 Å². The van der Waals surface area contributed by atoms with Crippen molar-refractivity contribution < 1.29 is 9.18 Å². The van der Waals surface area contributed by atoms with Crippen molar-refractivity contribution in [3.63, 3.8) is 0 Å². The predicted molar refractivity (Wildman–Crippen MR) is 103 cm³/mol. The number of hydrogen-bond acceptors (Lipinski definition) is 5. The molecule has 0 N–H and O–H groups in total. The van der Waals surface area contributed by atoms with Crippen LogP contribution in [0.1, 0.15) is 28.9 Å². The first-order valence-electron chi connectivity index (χ1n) is 8.88. The highest BCUT2D eigenvalue weighted by Crippen LogP contribution is 2.40. The van der Waals surface area contributed by atoms with Gasteiger partial charge in [-0.1, -0.05) is 0 Å². The lowest BCUT2D eigenvalue weighted by molar-refractivity contribution is 0.0984. The maximum Gasteiger partial charge on any atom is 0.271 e. The zero-order valence-electron chi connectivity index (χ0n) is 14.7. The van der Waals surface area contributed by atoms with Gasteiger partial charge in [0.1, 0.15) is 11.4 Å². The van der Waals surface area contributed by atoms with Crippen LogP contribution >= 0.6 is 11.3 Å². The van der Waals surface area contributed by atoms with Crippen molar-refractivity contribution >= 4 is 33.6 Å². The average Bonchev–Trinajstić information content (AvgIpc) is 3.43. The number of amides is 1. The molecule has 1 aliphatic carbocycles. The number of aromatic nitrogens is 2. The molecule has 1 saturated carbocycles.